The van der Waals surface area contributed by atoms with Gasteiger partial charge in [0, 0.05) is 22.3 Å². The Morgan fingerprint density at radius 1 is 1.62 bits per heavy atom. The Hall–Kier alpha value is -0.600. The molecular weight excluding hydrogens is 178 g/mol. The molecule has 1 N–H and O–H groups in total. The molecule has 2 heteroatoms. The van der Waals surface area contributed by atoms with Crippen molar-refractivity contribution >= 4 is 11.3 Å². The molecule has 0 aliphatic rings. The fourth-order valence-electron chi connectivity index (χ4n) is 1.18. The van der Waals surface area contributed by atoms with Crippen LogP contribution in [-0.4, -0.2) is 6.54 Å². The highest BCUT2D eigenvalue weighted by molar-refractivity contribution is 7.12. The Bertz CT molecular complexity index is 265. The standard InChI is InChI=1S/C11H17NS/c1-4-8-12-9(3)11-7-6-10(5-2)13-11/h4,6-7,9,12H,1,5,8H2,2-3H3. The smallest absolute Gasteiger partial charge is 0.0388 e. The van der Waals surface area contributed by atoms with E-state index in [1.807, 2.05) is 17.4 Å². The van der Waals surface area contributed by atoms with Gasteiger partial charge in [0.2, 0.25) is 0 Å². The third kappa shape index (κ3) is 2.98. The van der Waals surface area contributed by atoms with E-state index in [-0.39, 0.29) is 0 Å². The first-order valence-corrected chi connectivity index (χ1v) is 5.52. The molecule has 0 radical (unpaired) electrons. The third-order valence-electron chi connectivity index (χ3n) is 2.03. The summed E-state index contributed by atoms with van der Waals surface area (Å²) in [6, 6.07) is 4.87. The van der Waals surface area contributed by atoms with Crippen LogP contribution in [0.3, 0.4) is 0 Å². The molecule has 0 saturated carbocycles. The molecule has 0 bridgehead atoms. The predicted octanol–water partition coefficient (Wildman–Crippen LogP) is 3.15. The maximum absolute atomic E-state index is 3.69. The highest BCUT2D eigenvalue weighted by Crippen LogP contribution is 2.23. The summed E-state index contributed by atoms with van der Waals surface area (Å²) in [7, 11) is 0. The first-order valence-electron chi connectivity index (χ1n) is 4.70. The summed E-state index contributed by atoms with van der Waals surface area (Å²) in [5, 5.41) is 3.38. The maximum Gasteiger partial charge on any atom is 0.0388 e. The van der Waals surface area contributed by atoms with Gasteiger partial charge < -0.3 is 5.32 Å². The fraction of sp³-hybridized carbons (Fsp3) is 0.455. The van der Waals surface area contributed by atoms with Crippen LogP contribution in [0.25, 0.3) is 0 Å². The predicted molar refractivity (Wildman–Crippen MR) is 60.3 cm³/mol. The molecule has 1 aromatic rings. The second kappa shape index (κ2) is 5.20. The van der Waals surface area contributed by atoms with Crippen molar-refractivity contribution in [2.45, 2.75) is 26.3 Å². The van der Waals surface area contributed by atoms with Gasteiger partial charge in [-0.3, -0.25) is 0 Å². The lowest BCUT2D eigenvalue weighted by molar-refractivity contribution is 0.628. The Morgan fingerprint density at radius 3 is 2.92 bits per heavy atom. The molecule has 0 fully saturated rings. The number of hydrogen-bond acceptors (Lipinski definition) is 2. The molecule has 1 unspecified atom stereocenters. The Balaban J connectivity index is 2.54. The van der Waals surface area contributed by atoms with E-state index < -0.39 is 0 Å². The van der Waals surface area contributed by atoms with Crippen LogP contribution in [0.2, 0.25) is 0 Å². The van der Waals surface area contributed by atoms with Crippen molar-refractivity contribution in [2.75, 3.05) is 6.54 Å². The highest BCUT2D eigenvalue weighted by atomic mass is 32.1. The molecule has 1 aromatic heterocycles. The number of hydrogen-bond donors (Lipinski definition) is 1. The third-order valence-corrected chi connectivity index (χ3v) is 3.44. The topological polar surface area (TPSA) is 12.0 Å². The Labute approximate surface area is 84.5 Å². The molecule has 1 nitrogen and oxygen atoms in total. The SMILES string of the molecule is C=CCNC(C)c1ccc(CC)s1. The summed E-state index contributed by atoms with van der Waals surface area (Å²) in [5.74, 6) is 0. The molecule has 0 spiro atoms. The van der Waals surface area contributed by atoms with Gasteiger partial charge in [0.25, 0.3) is 0 Å². The maximum atomic E-state index is 3.69. The molecule has 1 heterocycles. The number of thiophene rings is 1. The zero-order chi connectivity index (χ0) is 9.68. The van der Waals surface area contributed by atoms with Crippen molar-refractivity contribution in [1.82, 2.24) is 5.32 Å². The largest absolute Gasteiger partial charge is 0.306 e. The molecule has 0 aliphatic carbocycles. The molecule has 72 valence electrons. The van der Waals surface area contributed by atoms with Gasteiger partial charge in [-0.1, -0.05) is 13.0 Å². The average molecular weight is 195 g/mol. The van der Waals surface area contributed by atoms with Gasteiger partial charge >= 0.3 is 0 Å². The number of nitrogens with one attached hydrogen (secondary N) is 1. The summed E-state index contributed by atoms with van der Waals surface area (Å²) >= 11 is 1.89. The minimum atomic E-state index is 0.447. The van der Waals surface area contributed by atoms with Gasteiger partial charge in [-0.05, 0) is 25.5 Å². The first-order chi connectivity index (χ1) is 6.27. The van der Waals surface area contributed by atoms with E-state index in [2.05, 4.69) is 37.9 Å². The monoisotopic (exact) mass is 195 g/mol. The van der Waals surface area contributed by atoms with E-state index in [0.29, 0.717) is 6.04 Å². The van der Waals surface area contributed by atoms with E-state index in [9.17, 15) is 0 Å². The summed E-state index contributed by atoms with van der Waals surface area (Å²) in [4.78, 5) is 2.88. The van der Waals surface area contributed by atoms with Gasteiger partial charge in [-0.25, -0.2) is 0 Å². The van der Waals surface area contributed by atoms with Crippen molar-refractivity contribution in [1.29, 1.82) is 0 Å². The van der Waals surface area contributed by atoms with Crippen LogP contribution in [0.1, 0.15) is 29.6 Å². The van der Waals surface area contributed by atoms with Gasteiger partial charge in [0.15, 0.2) is 0 Å². The van der Waals surface area contributed by atoms with Crippen LogP contribution < -0.4 is 5.32 Å². The zero-order valence-electron chi connectivity index (χ0n) is 8.34. The van der Waals surface area contributed by atoms with Crippen LogP contribution >= 0.6 is 11.3 Å². The molecule has 1 atom stereocenters. The lowest BCUT2D eigenvalue weighted by atomic mass is 10.2. The molecule has 13 heavy (non-hydrogen) atoms. The van der Waals surface area contributed by atoms with Crippen molar-refractivity contribution in [3.8, 4) is 0 Å². The van der Waals surface area contributed by atoms with Gasteiger partial charge in [-0.15, -0.1) is 17.9 Å². The van der Waals surface area contributed by atoms with E-state index in [4.69, 9.17) is 0 Å². The quantitative estimate of drug-likeness (QED) is 0.712. The fourth-order valence-corrected chi connectivity index (χ4v) is 2.16. The number of aryl methyl sites for hydroxylation is 1. The second-order valence-corrected chi connectivity index (χ2v) is 4.28. The minimum absolute atomic E-state index is 0.447. The lowest BCUT2D eigenvalue weighted by Crippen LogP contribution is -2.17. The van der Waals surface area contributed by atoms with Crippen molar-refractivity contribution in [3.05, 3.63) is 34.5 Å². The summed E-state index contributed by atoms with van der Waals surface area (Å²) in [6.45, 7) is 8.95. The van der Waals surface area contributed by atoms with Crippen LogP contribution in [0.15, 0.2) is 24.8 Å². The molecule has 0 saturated heterocycles. The van der Waals surface area contributed by atoms with Crippen LogP contribution in [0, 0.1) is 0 Å². The Morgan fingerprint density at radius 2 is 2.38 bits per heavy atom. The first kappa shape index (κ1) is 10.5. The molecular formula is C11H17NS. The van der Waals surface area contributed by atoms with Crippen molar-refractivity contribution in [2.24, 2.45) is 0 Å². The van der Waals surface area contributed by atoms with Crippen LogP contribution in [0.4, 0.5) is 0 Å². The van der Waals surface area contributed by atoms with E-state index in [1.54, 1.807) is 0 Å². The summed E-state index contributed by atoms with van der Waals surface area (Å²) in [6.07, 6.45) is 3.03. The van der Waals surface area contributed by atoms with Crippen molar-refractivity contribution < 1.29 is 0 Å². The van der Waals surface area contributed by atoms with Gasteiger partial charge in [0.1, 0.15) is 0 Å². The molecule has 0 aliphatic heterocycles. The Kier molecular flexibility index (Phi) is 4.19. The molecule has 0 aromatic carbocycles. The molecule has 1 rings (SSSR count). The van der Waals surface area contributed by atoms with Crippen LogP contribution in [-0.2, 0) is 6.42 Å². The van der Waals surface area contributed by atoms with Crippen LogP contribution in [0.5, 0.6) is 0 Å². The van der Waals surface area contributed by atoms with Crippen molar-refractivity contribution in [3.63, 3.8) is 0 Å². The van der Waals surface area contributed by atoms with Gasteiger partial charge in [0.05, 0.1) is 0 Å². The zero-order valence-corrected chi connectivity index (χ0v) is 9.16. The molecule has 0 amide bonds. The second-order valence-electron chi connectivity index (χ2n) is 3.08. The lowest BCUT2D eigenvalue weighted by Gasteiger charge is -2.09. The van der Waals surface area contributed by atoms with E-state index >= 15 is 0 Å². The summed E-state index contributed by atoms with van der Waals surface area (Å²) < 4.78 is 0. The van der Waals surface area contributed by atoms with E-state index in [0.717, 1.165) is 13.0 Å². The van der Waals surface area contributed by atoms with E-state index in [1.165, 1.54) is 9.75 Å². The normalized spacial score (nSPS) is 12.8. The van der Waals surface area contributed by atoms with Gasteiger partial charge in [-0.2, -0.15) is 0 Å². The number of rotatable bonds is 5. The minimum Gasteiger partial charge on any atom is -0.306 e. The summed E-state index contributed by atoms with van der Waals surface area (Å²) in [5.41, 5.74) is 0. The average Bonchev–Trinajstić information content (AvgIpc) is 2.62. The highest BCUT2D eigenvalue weighted by Gasteiger charge is 2.05.